The zero-order valence-electron chi connectivity index (χ0n) is 11.0. The second-order valence-electron chi connectivity index (χ2n) is 5.55. The summed E-state index contributed by atoms with van der Waals surface area (Å²) in [5.41, 5.74) is 2.66. The minimum absolute atomic E-state index is 0.121. The van der Waals surface area contributed by atoms with Crippen molar-refractivity contribution in [3.8, 4) is 11.5 Å². The van der Waals surface area contributed by atoms with E-state index in [-0.39, 0.29) is 22.8 Å². The van der Waals surface area contributed by atoms with Gasteiger partial charge >= 0.3 is 0 Å². The SMILES string of the molecule is C=C[C@@]1(C)Cc2c(O)ccc(O)c2C[C@@H]1C(=C)C. The zero-order chi connectivity index (χ0) is 13.5. The van der Waals surface area contributed by atoms with E-state index in [0.717, 1.165) is 16.7 Å². The largest absolute Gasteiger partial charge is 0.508 e. The minimum atomic E-state index is -0.121. The number of fused-ring (bicyclic) bond motifs is 1. The molecule has 0 spiro atoms. The Balaban J connectivity index is 2.58. The van der Waals surface area contributed by atoms with Crippen molar-refractivity contribution in [2.45, 2.75) is 26.7 Å². The smallest absolute Gasteiger partial charge is 0.119 e. The predicted molar refractivity (Wildman–Crippen MR) is 73.8 cm³/mol. The van der Waals surface area contributed by atoms with Gasteiger partial charge in [0.2, 0.25) is 0 Å². The van der Waals surface area contributed by atoms with Crippen molar-refractivity contribution in [1.82, 2.24) is 0 Å². The fourth-order valence-corrected chi connectivity index (χ4v) is 2.99. The summed E-state index contributed by atoms with van der Waals surface area (Å²) in [5.74, 6) is 0.770. The highest BCUT2D eigenvalue weighted by molar-refractivity contribution is 5.51. The lowest BCUT2D eigenvalue weighted by molar-refractivity contribution is 0.263. The van der Waals surface area contributed by atoms with Gasteiger partial charge in [0.05, 0.1) is 0 Å². The van der Waals surface area contributed by atoms with Gasteiger partial charge in [0, 0.05) is 11.1 Å². The molecule has 0 bridgehead atoms. The molecule has 0 saturated carbocycles. The van der Waals surface area contributed by atoms with Gasteiger partial charge in [-0.05, 0) is 43.2 Å². The summed E-state index contributed by atoms with van der Waals surface area (Å²) in [4.78, 5) is 0. The van der Waals surface area contributed by atoms with Crippen LogP contribution < -0.4 is 0 Å². The number of hydrogen-bond acceptors (Lipinski definition) is 2. The third-order valence-corrected chi connectivity index (χ3v) is 4.20. The molecule has 1 aromatic rings. The van der Waals surface area contributed by atoms with Crippen LogP contribution in [0.5, 0.6) is 11.5 Å². The molecular weight excluding hydrogens is 224 g/mol. The molecule has 2 nitrogen and oxygen atoms in total. The van der Waals surface area contributed by atoms with Crippen LogP contribution >= 0.6 is 0 Å². The van der Waals surface area contributed by atoms with Crippen LogP contribution in [0.15, 0.2) is 36.9 Å². The van der Waals surface area contributed by atoms with Gasteiger partial charge in [0.15, 0.2) is 0 Å². The molecular formula is C16H20O2. The van der Waals surface area contributed by atoms with Gasteiger partial charge in [0.25, 0.3) is 0 Å². The van der Waals surface area contributed by atoms with E-state index in [1.54, 1.807) is 12.1 Å². The van der Waals surface area contributed by atoms with Crippen molar-refractivity contribution in [1.29, 1.82) is 0 Å². The first kappa shape index (κ1) is 12.7. The van der Waals surface area contributed by atoms with Crippen LogP contribution in [0.2, 0.25) is 0 Å². The van der Waals surface area contributed by atoms with Gasteiger partial charge in [-0.15, -0.1) is 6.58 Å². The Bertz CT molecular complexity index is 516. The van der Waals surface area contributed by atoms with Crippen LogP contribution in [0.25, 0.3) is 0 Å². The Morgan fingerprint density at radius 1 is 1.33 bits per heavy atom. The number of hydrogen-bond donors (Lipinski definition) is 2. The predicted octanol–water partition coefficient (Wildman–Crippen LogP) is 3.58. The van der Waals surface area contributed by atoms with E-state index in [0.29, 0.717) is 12.8 Å². The van der Waals surface area contributed by atoms with Gasteiger partial charge in [-0.1, -0.05) is 25.2 Å². The average molecular weight is 244 g/mol. The second kappa shape index (κ2) is 4.20. The van der Waals surface area contributed by atoms with Gasteiger partial charge in [-0.25, -0.2) is 0 Å². The summed E-state index contributed by atoms with van der Waals surface area (Å²) in [7, 11) is 0. The van der Waals surface area contributed by atoms with Crippen LogP contribution in [0.4, 0.5) is 0 Å². The van der Waals surface area contributed by atoms with Crippen molar-refractivity contribution in [3.05, 3.63) is 48.1 Å². The third kappa shape index (κ3) is 1.82. The van der Waals surface area contributed by atoms with Gasteiger partial charge < -0.3 is 10.2 Å². The maximum absolute atomic E-state index is 9.97. The maximum Gasteiger partial charge on any atom is 0.119 e. The van der Waals surface area contributed by atoms with Crippen molar-refractivity contribution in [2.24, 2.45) is 11.3 Å². The molecule has 2 atom stereocenters. The van der Waals surface area contributed by atoms with Crippen LogP contribution in [0.3, 0.4) is 0 Å². The standard InChI is InChI=1S/C16H20O2/c1-5-16(4)9-12-11(8-13(16)10(2)3)14(17)6-7-15(12)18/h5-7,13,17-18H,1-2,8-9H2,3-4H3/t13-,16+/m1/s1. The highest BCUT2D eigenvalue weighted by Crippen LogP contribution is 2.48. The number of phenolic OH excluding ortho intramolecular Hbond substituents is 2. The maximum atomic E-state index is 9.97. The summed E-state index contributed by atoms with van der Waals surface area (Å²) in [6, 6.07) is 3.11. The monoisotopic (exact) mass is 244 g/mol. The molecule has 0 amide bonds. The van der Waals surface area contributed by atoms with Crippen LogP contribution in [-0.2, 0) is 12.8 Å². The molecule has 0 saturated heterocycles. The molecule has 0 fully saturated rings. The summed E-state index contributed by atoms with van der Waals surface area (Å²) in [5, 5.41) is 19.9. The quantitative estimate of drug-likeness (QED) is 0.616. The molecule has 2 rings (SSSR count). The molecule has 96 valence electrons. The van der Waals surface area contributed by atoms with E-state index in [9.17, 15) is 10.2 Å². The number of allylic oxidation sites excluding steroid dienone is 2. The highest BCUT2D eigenvalue weighted by Gasteiger charge is 2.39. The topological polar surface area (TPSA) is 40.5 Å². The Hall–Kier alpha value is -1.70. The molecule has 0 aliphatic heterocycles. The first-order chi connectivity index (χ1) is 8.39. The molecule has 2 heteroatoms. The molecule has 1 aromatic carbocycles. The van der Waals surface area contributed by atoms with E-state index in [2.05, 4.69) is 20.1 Å². The van der Waals surface area contributed by atoms with E-state index < -0.39 is 0 Å². The molecule has 0 unspecified atom stereocenters. The Kier molecular flexibility index (Phi) is 2.97. The Labute approximate surface area is 108 Å². The molecule has 1 aliphatic rings. The van der Waals surface area contributed by atoms with Gasteiger partial charge in [-0.3, -0.25) is 0 Å². The number of rotatable bonds is 2. The zero-order valence-corrected chi connectivity index (χ0v) is 11.0. The van der Waals surface area contributed by atoms with Crippen molar-refractivity contribution in [2.75, 3.05) is 0 Å². The van der Waals surface area contributed by atoms with Crippen LogP contribution in [0, 0.1) is 11.3 Å². The first-order valence-corrected chi connectivity index (χ1v) is 6.20. The van der Waals surface area contributed by atoms with Gasteiger partial charge in [-0.2, -0.15) is 0 Å². The van der Waals surface area contributed by atoms with Crippen molar-refractivity contribution < 1.29 is 10.2 Å². The molecule has 18 heavy (non-hydrogen) atoms. The Morgan fingerprint density at radius 3 is 2.39 bits per heavy atom. The Morgan fingerprint density at radius 2 is 1.89 bits per heavy atom. The third-order valence-electron chi connectivity index (χ3n) is 4.20. The highest BCUT2D eigenvalue weighted by atomic mass is 16.3. The summed E-state index contributed by atoms with van der Waals surface area (Å²) >= 11 is 0. The summed E-state index contributed by atoms with van der Waals surface area (Å²) in [6.07, 6.45) is 3.33. The lowest BCUT2D eigenvalue weighted by Gasteiger charge is -2.41. The fraction of sp³-hybridized carbons (Fsp3) is 0.375. The normalized spacial score (nSPS) is 26.4. The number of benzene rings is 1. The van der Waals surface area contributed by atoms with Crippen molar-refractivity contribution in [3.63, 3.8) is 0 Å². The second-order valence-corrected chi connectivity index (χ2v) is 5.55. The lowest BCUT2D eigenvalue weighted by atomic mass is 9.63. The number of phenols is 2. The number of aromatic hydroxyl groups is 2. The van der Waals surface area contributed by atoms with E-state index in [1.165, 1.54) is 0 Å². The van der Waals surface area contributed by atoms with Crippen LogP contribution in [0.1, 0.15) is 25.0 Å². The summed E-state index contributed by atoms with van der Waals surface area (Å²) < 4.78 is 0. The summed E-state index contributed by atoms with van der Waals surface area (Å²) in [6.45, 7) is 12.1. The molecule has 0 heterocycles. The van der Waals surface area contributed by atoms with E-state index >= 15 is 0 Å². The lowest BCUT2D eigenvalue weighted by Crippen LogP contribution is -2.34. The van der Waals surface area contributed by atoms with Crippen LogP contribution in [-0.4, -0.2) is 10.2 Å². The molecule has 2 N–H and O–H groups in total. The fourth-order valence-electron chi connectivity index (χ4n) is 2.99. The van der Waals surface area contributed by atoms with Gasteiger partial charge in [0.1, 0.15) is 11.5 Å². The van der Waals surface area contributed by atoms with Crippen molar-refractivity contribution >= 4 is 0 Å². The molecule has 0 radical (unpaired) electrons. The van der Waals surface area contributed by atoms with E-state index in [1.807, 2.05) is 13.0 Å². The average Bonchev–Trinajstić information content (AvgIpc) is 2.33. The molecule has 1 aliphatic carbocycles. The molecule has 0 aromatic heterocycles. The minimum Gasteiger partial charge on any atom is -0.508 e. The van der Waals surface area contributed by atoms with E-state index in [4.69, 9.17) is 0 Å². The first-order valence-electron chi connectivity index (χ1n) is 6.20.